The largest absolute Gasteiger partial charge is 0.295 e. The minimum atomic E-state index is -0.00129. The summed E-state index contributed by atoms with van der Waals surface area (Å²) in [6, 6.07) is 13.2. The van der Waals surface area contributed by atoms with Gasteiger partial charge in [-0.05, 0) is 69.1 Å². The fourth-order valence-electron chi connectivity index (χ4n) is 3.70. The summed E-state index contributed by atoms with van der Waals surface area (Å²) in [5.74, 6) is 1.22. The highest BCUT2D eigenvalue weighted by Crippen LogP contribution is 2.28. The lowest BCUT2D eigenvalue weighted by Crippen LogP contribution is -2.51. The highest BCUT2D eigenvalue weighted by molar-refractivity contribution is 7.27. The van der Waals surface area contributed by atoms with Gasteiger partial charge in [0.1, 0.15) is 23.6 Å². The molecule has 1 heterocycles. The Morgan fingerprint density at radius 3 is 2.19 bits per heavy atom. The van der Waals surface area contributed by atoms with Crippen molar-refractivity contribution in [2.45, 2.75) is 53.5 Å². The highest BCUT2D eigenvalue weighted by atomic mass is 31.0. The quantitative estimate of drug-likeness (QED) is 0.463. The van der Waals surface area contributed by atoms with Gasteiger partial charge in [0, 0.05) is 0 Å². The molecule has 0 fully saturated rings. The number of benzene rings is 2. The van der Waals surface area contributed by atoms with E-state index in [0.717, 1.165) is 6.42 Å². The van der Waals surface area contributed by atoms with Crippen molar-refractivity contribution in [1.29, 1.82) is 0 Å². The Balaban J connectivity index is 2.35. The molecule has 0 saturated heterocycles. The number of hydrogen-bond donors (Lipinski definition) is 0. The SMILES string of the molecule is CCc1cc(C)c(-n2cc[n+](C(C)(C)C)c2-c2ccccc2P)c(C)c1. The molecule has 0 saturated carbocycles. The van der Waals surface area contributed by atoms with Crippen molar-refractivity contribution in [3.8, 4) is 17.1 Å². The lowest BCUT2D eigenvalue weighted by atomic mass is 10.0. The van der Waals surface area contributed by atoms with Crippen LogP contribution in [-0.2, 0) is 12.0 Å². The van der Waals surface area contributed by atoms with Gasteiger partial charge in [0.2, 0.25) is 0 Å². The maximum absolute atomic E-state index is 2.89. The third-order valence-corrected chi connectivity index (χ3v) is 5.45. The van der Waals surface area contributed by atoms with Gasteiger partial charge in [-0.2, -0.15) is 4.57 Å². The van der Waals surface area contributed by atoms with Crippen LogP contribution in [0, 0.1) is 13.8 Å². The fraction of sp³-hybridized carbons (Fsp3) is 0.348. The van der Waals surface area contributed by atoms with Crippen molar-refractivity contribution in [2.24, 2.45) is 0 Å². The van der Waals surface area contributed by atoms with E-state index in [0.29, 0.717) is 0 Å². The Hall–Kier alpha value is -1.92. The van der Waals surface area contributed by atoms with Crippen LogP contribution in [0.5, 0.6) is 0 Å². The van der Waals surface area contributed by atoms with Gasteiger partial charge < -0.3 is 0 Å². The average molecular weight is 365 g/mol. The molecule has 0 N–H and O–H groups in total. The number of nitrogens with zero attached hydrogens (tertiary/aromatic N) is 2. The van der Waals surface area contributed by atoms with Crippen LogP contribution < -0.4 is 9.87 Å². The van der Waals surface area contributed by atoms with Crippen LogP contribution in [-0.4, -0.2) is 4.57 Å². The van der Waals surface area contributed by atoms with Crippen LogP contribution in [0.1, 0.15) is 44.4 Å². The fourth-order valence-corrected chi connectivity index (χ4v) is 4.04. The molecular weight excluding hydrogens is 335 g/mol. The van der Waals surface area contributed by atoms with E-state index in [1.165, 1.54) is 39.1 Å². The maximum Gasteiger partial charge on any atom is 0.295 e. The van der Waals surface area contributed by atoms with E-state index >= 15 is 0 Å². The molecule has 2 nitrogen and oxygen atoms in total. The second kappa shape index (κ2) is 7.00. The third kappa shape index (κ3) is 3.35. The summed E-state index contributed by atoms with van der Waals surface area (Å²) in [5.41, 5.74) is 6.57. The molecule has 3 heteroatoms. The van der Waals surface area contributed by atoms with Crippen molar-refractivity contribution < 1.29 is 4.57 Å². The molecule has 0 aliphatic carbocycles. The molecule has 1 atom stereocenters. The zero-order valence-corrected chi connectivity index (χ0v) is 18.0. The van der Waals surface area contributed by atoms with Gasteiger partial charge in [-0.25, -0.2) is 4.57 Å². The maximum atomic E-state index is 2.89. The molecule has 0 aliphatic heterocycles. The predicted molar refractivity (Wildman–Crippen MR) is 115 cm³/mol. The van der Waals surface area contributed by atoms with Crippen LogP contribution in [0.15, 0.2) is 48.8 Å². The van der Waals surface area contributed by atoms with Crippen LogP contribution in [0.3, 0.4) is 0 Å². The molecule has 3 rings (SSSR count). The molecule has 0 bridgehead atoms. The summed E-state index contributed by atoms with van der Waals surface area (Å²) >= 11 is 0. The summed E-state index contributed by atoms with van der Waals surface area (Å²) in [6.45, 7) is 13.4. The third-order valence-electron chi connectivity index (χ3n) is 4.95. The van der Waals surface area contributed by atoms with E-state index in [9.17, 15) is 0 Å². The molecule has 3 aromatic rings. The number of aryl methyl sites for hydroxylation is 3. The number of rotatable bonds is 3. The highest BCUT2D eigenvalue weighted by Gasteiger charge is 2.31. The first-order valence-electron chi connectivity index (χ1n) is 9.33. The smallest absolute Gasteiger partial charge is 0.225 e. The molecule has 0 aliphatic rings. The molecule has 1 aromatic heterocycles. The molecule has 0 radical (unpaired) electrons. The Bertz CT molecular complexity index is 922. The van der Waals surface area contributed by atoms with E-state index in [1.54, 1.807) is 0 Å². The lowest BCUT2D eigenvalue weighted by molar-refractivity contribution is -0.743. The molecule has 136 valence electrons. The van der Waals surface area contributed by atoms with Gasteiger partial charge in [-0.3, -0.25) is 0 Å². The van der Waals surface area contributed by atoms with E-state index in [-0.39, 0.29) is 5.54 Å². The molecular formula is C23H30N2P+. The number of hydrogen-bond acceptors (Lipinski definition) is 0. The van der Waals surface area contributed by atoms with Crippen LogP contribution in [0.25, 0.3) is 17.1 Å². The Morgan fingerprint density at radius 1 is 1.04 bits per heavy atom. The summed E-state index contributed by atoms with van der Waals surface area (Å²) in [4.78, 5) is 0. The van der Waals surface area contributed by atoms with Crippen molar-refractivity contribution in [3.63, 3.8) is 0 Å². The first-order valence-corrected chi connectivity index (χ1v) is 9.90. The first-order chi connectivity index (χ1) is 12.2. The normalized spacial score (nSPS) is 11.8. The second-order valence-corrected chi connectivity index (χ2v) is 8.67. The van der Waals surface area contributed by atoms with Crippen molar-refractivity contribution in [2.75, 3.05) is 0 Å². The molecule has 2 aromatic carbocycles. The Kier molecular flexibility index (Phi) is 5.08. The molecule has 0 spiro atoms. The standard InChI is InChI=1S/C23H30N2P/c1-7-18-14-16(2)21(17(3)15-18)24-12-13-25(23(4,5)6)22(24)19-10-8-9-11-20(19)26/h8-15H,7,26H2,1-6H3/q+1. The molecule has 1 unspecified atom stereocenters. The van der Waals surface area contributed by atoms with Gasteiger partial charge in [-0.15, -0.1) is 9.24 Å². The average Bonchev–Trinajstić information content (AvgIpc) is 2.99. The van der Waals surface area contributed by atoms with Gasteiger partial charge >= 0.3 is 0 Å². The number of aromatic nitrogens is 2. The summed E-state index contributed by atoms with van der Waals surface area (Å²) < 4.78 is 4.74. The van der Waals surface area contributed by atoms with Crippen LogP contribution >= 0.6 is 9.24 Å². The van der Waals surface area contributed by atoms with E-state index in [4.69, 9.17) is 0 Å². The van der Waals surface area contributed by atoms with Crippen molar-refractivity contribution in [3.05, 3.63) is 65.5 Å². The monoisotopic (exact) mass is 365 g/mol. The van der Waals surface area contributed by atoms with Gasteiger partial charge in [0.15, 0.2) is 0 Å². The van der Waals surface area contributed by atoms with Crippen LogP contribution in [0.4, 0.5) is 0 Å². The van der Waals surface area contributed by atoms with E-state index < -0.39 is 0 Å². The predicted octanol–water partition coefficient (Wildman–Crippen LogP) is 4.87. The van der Waals surface area contributed by atoms with Crippen molar-refractivity contribution >= 4 is 14.5 Å². The zero-order chi connectivity index (χ0) is 19.1. The minimum Gasteiger partial charge on any atom is -0.225 e. The Labute approximate surface area is 160 Å². The van der Waals surface area contributed by atoms with E-state index in [1.807, 2.05) is 0 Å². The number of imidazole rings is 1. The van der Waals surface area contributed by atoms with Gasteiger partial charge in [0.05, 0.1) is 5.56 Å². The first kappa shape index (κ1) is 18.9. The zero-order valence-electron chi connectivity index (χ0n) is 16.8. The minimum absolute atomic E-state index is 0.00129. The van der Waals surface area contributed by atoms with E-state index in [2.05, 4.69) is 109 Å². The second-order valence-electron chi connectivity index (χ2n) is 8.05. The summed E-state index contributed by atoms with van der Waals surface area (Å²) in [7, 11) is 2.89. The molecule has 0 amide bonds. The van der Waals surface area contributed by atoms with Gasteiger partial charge in [-0.1, -0.05) is 37.3 Å². The Morgan fingerprint density at radius 2 is 1.65 bits per heavy atom. The topological polar surface area (TPSA) is 8.81 Å². The van der Waals surface area contributed by atoms with Crippen LogP contribution in [0.2, 0.25) is 0 Å². The summed E-state index contributed by atoms with van der Waals surface area (Å²) in [5, 5.41) is 1.21. The molecule has 26 heavy (non-hydrogen) atoms. The summed E-state index contributed by atoms with van der Waals surface area (Å²) in [6.07, 6.45) is 5.48. The van der Waals surface area contributed by atoms with Gasteiger partial charge in [0.25, 0.3) is 5.82 Å². The lowest BCUT2D eigenvalue weighted by Gasteiger charge is -2.19. The van der Waals surface area contributed by atoms with Crippen molar-refractivity contribution in [1.82, 2.24) is 4.57 Å².